The number of hydrogen-bond donors (Lipinski definition) is 0. The lowest BCUT2D eigenvalue weighted by molar-refractivity contribution is 0.0782. The molecule has 0 aromatic carbocycles. The first-order valence-electron chi connectivity index (χ1n) is 7.31. The van der Waals surface area contributed by atoms with Crippen molar-refractivity contribution in [3.8, 4) is 0 Å². The Labute approximate surface area is 123 Å². The molecule has 0 radical (unpaired) electrons. The van der Waals surface area contributed by atoms with E-state index in [-0.39, 0.29) is 5.91 Å². The molecule has 1 amide bonds. The van der Waals surface area contributed by atoms with Crippen LogP contribution in [0.25, 0.3) is 0 Å². The molecule has 1 saturated carbocycles. The maximum Gasteiger partial charge on any atom is 0.254 e. The number of allylic oxidation sites excluding steroid dienone is 2. The molecule has 4 aliphatic rings. The van der Waals surface area contributed by atoms with Gasteiger partial charge in [0.25, 0.3) is 5.91 Å². The average Bonchev–Trinajstić information content (AvgIpc) is 2.95. The summed E-state index contributed by atoms with van der Waals surface area (Å²) in [5, 5.41) is 0.384. The molecule has 0 unspecified atom stereocenters. The summed E-state index contributed by atoms with van der Waals surface area (Å²) in [6, 6.07) is 3.42. The Bertz CT molecular complexity index is 564. The number of nitrogens with zero attached hydrogens (tertiary/aromatic N) is 2. The van der Waals surface area contributed by atoms with Gasteiger partial charge in [-0.05, 0) is 48.6 Å². The van der Waals surface area contributed by atoms with E-state index in [1.807, 2.05) is 4.90 Å². The van der Waals surface area contributed by atoms with Crippen LogP contribution in [0.3, 0.4) is 0 Å². The Morgan fingerprint density at radius 2 is 1.85 bits per heavy atom. The smallest absolute Gasteiger partial charge is 0.254 e. The van der Waals surface area contributed by atoms with E-state index in [9.17, 15) is 4.79 Å². The topological polar surface area (TPSA) is 33.2 Å². The Balaban J connectivity index is 1.56. The van der Waals surface area contributed by atoms with Crippen LogP contribution in [-0.2, 0) is 0 Å². The predicted octanol–water partition coefficient (Wildman–Crippen LogP) is 3.02. The van der Waals surface area contributed by atoms with E-state index >= 15 is 0 Å². The summed E-state index contributed by atoms with van der Waals surface area (Å²) in [4.78, 5) is 18.5. The quantitative estimate of drug-likeness (QED) is 0.588. The van der Waals surface area contributed by atoms with Crippen LogP contribution in [0.1, 0.15) is 23.2 Å². The lowest BCUT2D eigenvalue weighted by Crippen LogP contribution is -2.35. The van der Waals surface area contributed by atoms with Crippen molar-refractivity contribution in [3.05, 3.63) is 41.2 Å². The van der Waals surface area contributed by atoms with Crippen LogP contribution in [-0.4, -0.2) is 28.9 Å². The summed E-state index contributed by atoms with van der Waals surface area (Å²) in [6.07, 6.45) is 8.96. The van der Waals surface area contributed by atoms with E-state index < -0.39 is 0 Å². The molecule has 1 aromatic heterocycles. The molecule has 3 nitrogen and oxygen atoms in total. The lowest BCUT2D eigenvalue weighted by Gasteiger charge is -2.40. The Morgan fingerprint density at radius 3 is 2.40 bits per heavy atom. The number of rotatable bonds is 1. The van der Waals surface area contributed by atoms with E-state index in [2.05, 4.69) is 17.1 Å². The molecule has 1 saturated heterocycles. The van der Waals surface area contributed by atoms with Crippen molar-refractivity contribution < 1.29 is 4.79 Å². The van der Waals surface area contributed by atoms with Gasteiger partial charge in [0.2, 0.25) is 0 Å². The number of amides is 1. The van der Waals surface area contributed by atoms with Gasteiger partial charge in [-0.3, -0.25) is 4.79 Å². The van der Waals surface area contributed by atoms with Crippen LogP contribution in [0.5, 0.6) is 0 Å². The van der Waals surface area contributed by atoms with Crippen LogP contribution < -0.4 is 0 Å². The third kappa shape index (κ3) is 1.87. The molecule has 2 heterocycles. The molecule has 2 fully saturated rings. The second kappa shape index (κ2) is 4.59. The molecule has 2 bridgehead atoms. The Kier molecular flexibility index (Phi) is 2.84. The number of hydrogen-bond acceptors (Lipinski definition) is 2. The van der Waals surface area contributed by atoms with Crippen LogP contribution in [0.15, 0.2) is 30.5 Å². The number of fused-ring (bicyclic) bond motifs is 1. The van der Waals surface area contributed by atoms with Crippen molar-refractivity contribution >= 4 is 17.5 Å². The molecule has 1 aromatic rings. The number of aromatic nitrogens is 1. The minimum absolute atomic E-state index is 0.100. The standard InChI is InChI=1S/C16H17ClN2O/c17-15-7-12(5-6-18-15)16(20)19-8-13-10-1-2-11(4-3-10)14(13)9-19/h1-2,5-7,10-11,13-14H,3-4,8-9H2/t10-,11-,13-,14+/m0/s1. The van der Waals surface area contributed by atoms with Gasteiger partial charge in [-0.15, -0.1) is 0 Å². The Hall–Kier alpha value is -1.35. The fraction of sp³-hybridized carbons (Fsp3) is 0.500. The van der Waals surface area contributed by atoms with Gasteiger partial charge in [0.05, 0.1) is 0 Å². The summed E-state index contributed by atoms with van der Waals surface area (Å²) in [6.45, 7) is 1.80. The molecule has 0 spiro atoms. The molecular weight excluding hydrogens is 272 g/mol. The van der Waals surface area contributed by atoms with Crippen molar-refractivity contribution in [2.75, 3.05) is 13.1 Å². The SMILES string of the molecule is O=C(c1ccnc(Cl)c1)N1C[C@@H]2[C@H](C1)[C@H]1C=C[C@H]2CC1. The van der Waals surface area contributed by atoms with Gasteiger partial charge in [-0.25, -0.2) is 4.98 Å². The number of pyridine rings is 1. The molecule has 0 N–H and O–H groups in total. The van der Waals surface area contributed by atoms with Crippen molar-refractivity contribution in [1.82, 2.24) is 9.88 Å². The van der Waals surface area contributed by atoms with E-state index in [0.717, 1.165) is 13.1 Å². The molecule has 4 heteroatoms. The predicted molar refractivity (Wildman–Crippen MR) is 77.5 cm³/mol. The number of carbonyl (C=O) groups excluding carboxylic acids is 1. The molecule has 4 atom stereocenters. The second-order valence-electron chi connectivity index (χ2n) is 6.20. The highest BCUT2D eigenvalue weighted by Crippen LogP contribution is 2.48. The van der Waals surface area contributed by atoms with Crippen molar-refractivity contribution in [1.29, 1.82) is 0 Å². The van der Waals surface area contributed by atoms with E-state index in [4.69, 9.17) is 11.6 Å². The molecule has 104 valence electrons. The third-order valence-corrected chi connectivity index (χ3v) is 5.42. The minimum Gasteiger partial charge on any atom is -0.338 e. The highest BCUT2D eigenvalue weighted by Gasteiger charge is 2.46. The first kappa shape index (κ1) is 12.4. The highest BCUT2D eigenvalue weighted by molar-refractivity contribution is 6.29. The fourth-order valence-electron chi connectivity index (χ4n) is 4.22. The van der Waals surface area contributed by atoms with Crippen molar-refractivity contribution in [3.63, 3.8) is 0 Å². The fourth-order valence-corrected chi connectivity index (χ4v) is 4.39. The summed E-state index contributed by atoms with van der Waals surface area (Å²) in [7, 11) is 0. The van der Waals surface area contributed by atoms with Gasteiger partial charge in [-0.2, -0.15) is 0 Å². The normalized spacial score (nSPS) is 34.4. The van der Waals surface area contributed by atoms with Gasteiger partial charge in [-0.1, -0.05) is 23.8 Å². The molecule has 3 aliphatic carbocycles. The monoisotopic (exact) mass is 288 g/mol. The zero-order chi connectivity index (χ0) is 13.7. The Morgan fingerprint density at radius 1 is 1.20 bits per heavy atom. The number of halogens is 1. The van der Waals surface area contributed by atoms with Gasteiger partial charge < -0.3 is 4.90 Å². The van der Waals surface area contributed by atoms with E-state index in [1.54, 1.807) is 18.3 Å². The zero-order valence-electron chi connectivity index (χ0n) is 11.2. The maximum absolute atomic E-state index is 12.6. The van der Waals surface area contributed by atoms with Crippen LogP contribution in [0.4, 0.5) is 0 Å². The zero-order valence-corrected chi connectivity index (χ0v) is 12.0. The molecule has 1 aliphatic heterocycles. The first-order chi connectivity index (χ1) is 9.72. The molecular formula is C16H17ClN2O. The van der Waals surface area contributed by atoms with Gasteiger partial charge in [0, 0.05) is 24.8 Å². The van der Waals surface area contributed by atoms with Gasteiger partial charge in [0.15, 0.2) is 0 Å². The van der Waals surface area contributed by atoms with Crippen LogP contribution >= 0.6 is 11.6 Å². The van der Waals surface area contributed by atoms with E-state index in [1.165, 1.54) is 12.8 Å². The lowest BCUT2D eigenvalue weighted by atomic mass is 9.64. The third-order valence-electron chi connectivity index (χ3n) is 5.21. The highest BCUT2D eigenvalue weighted by atomic mass is 35.5. The molecule has 20 heavy (non-hydrogen) atoms. The summed E-state index contributed by atoms with van der Waals surface area (Å²) in [5.41, 5.74) is 0.656. The second-order valence-corrected chi connectivity index (χ2v) is 6.58. The summed E-state index contributed by atoms with van der Waals surface area (Å²) in [5.74, 6) is 2.80. The summed E-state index contributed by atoms with van der Waals surface area (Å²) < 4.78 is 0. The van der Waals surface area contributed by atoms with Gasteiger partial charge >= 0.3 is 0 Å². The van der Waals surface area contributed by atoms with Crippen LogP contribution in [0, 0.1) is 23.7 Å². The van der Waals surface area contributed by atoms with Crippen molar-refractivity contribution in [2.45, 2.75) is 12.8 Å². The first-order valence-corrected chi connectivity index (χ1v) is 7.69. The summed E-state index contributed by atoms with van der Waals surface area (Å²) >= 11 is 5.88. The van der Waals surface area contributed by atoms with Gasteiger partial charge in [0.1, 0.15) is 5.15 Å². The largest absolute Gasteiger partial charge is 0.338 e. The van der Waals surface area contributed by atoms with Crippen LogP contribution in [0.2, 0.25) is 5.15 Å². The molecule has 5 rings (SSSR count). The maximum atomic E-state index is 12.6. The minimum atomic E-state index is 0.100. The van der Waals surface area contributed by atoms with Crippen molar-refractivity contribution in [2.24, 2.45) is 23.7 Å². The van der Waals surface area contributed by atoms with E-state index in [0.29, 0.717) is 34.4 Å². The number of likely N-dealkylation sites (tertiary alicyclic amines) is 1. The average molecular weight is 289 g/mol. The number of carbonyl (C=O) groups is 1.